The topological polar surface area (TPSA) is 110 Å². The van der Waals surface area contributed by atoms with E-state index in [-0.39, 0.29) is 34.2 Å². The van der Waals surface area contributed by atoms with Gasteiger partial charge in [-0.3, -0.25) is 14.9 Å². The second-order valence-electron chi connectivity index (χ2n) is 6.84. The molecule has 2 fully saturated rings. The first-order valence-electron chi connectivity index (χ1n) is 8.59. The standard InChI is InChI=1S/C17H20N4O4/c1-2-25-15-8-14(17(15)4-3-5-17)20-12-7-11-10(6-13(12)21(23)24)16(22)19-9-18-11/h6-7,9,14-15,20H,2-5,8H2,1H3,(H,18,19,22)/t14-,15+/m1/s1. The lowest BCUT2D eigenvalue weighted by Gasteiger charge is -2.61. The Hall–Kier alpha value is -2.48. The van der Waals surface area contributed by atoms with E-state index in [4.69, 9.17) is 4.74 Å². The van der Waals surface area contributed by atoms with Crippen molar-refractivity contribution in [3.8, 4) is 0 Å². The first-order chi connectivity index (χ1) is 12.0. The maximum Gasteiger partial charge on any atom is 0.293 e. The van der Waals surface area contributed by atoms with E-state index in [0.29, 0.717) is 17.8 Å². The molecule has 0 bridgehead atoms. The Bertz CT molecular complexity index is 890. The first kappa shape index (κ1) is 16.0. The quantitative estimate of drug-likeness (QED) is 0.637. The van der Waals surface area contributed by atoms with E-state index in [0.717, 1.165) is 19.3 Å². The molecule has 2 aromatic rings. The van der Waals surface area contributed by atoms with Gasteiger partial charge in [-0.05, 0) is 32.3 Å². The van der Waals surface area contributed by atoms with Crippen LogP contribution in [-0.2, 0) is 4.74 Å². The lowest BCUT2D eigenvalue weighted by molar-refractivity contribution is -0.383. The number of H-pyrrole nitrogens is 1. The smallest absolute Gasteiger partial charge is 0.293 e. The van der Waals surface area contributed by atoms with E-state index in [9.17, 15) is 14.9 Å². The zero-order valence-corrected chi connectivity index (χ0v) is 13.9. The van der Waals surface area contributed by atoms with E-state index >= 15 is 0 Å². The molecule has 1 aromatic heterocycles. The fourth-order valence-electron chi connectivity index (χ4n) is 4.20. The number of nitrogens with one attached hydrogen (secondary N) is 2. The first-order valence-corrected chi connectivity index (χ1v) is 8.59. The molecule has 2 saturated carbocycles. The van der Waals surface area contributed by atoms with Crippen molar-refractivity contribution in [2.45, 2.75) is 44.8 Å². The highest BCUT2D eigenvalue weighted by atomic mass is 16.6. The minimum Gasteiger partial charge on any atom is -0.378 e. The van der Waals surface area contributed by atoms with Crippen LogP contribution >= 0.6 is 0 Å². The van der Waals surface area contributed by atoms with Gasteiger partial charge in [0.15, 0.2) is 0 Å². The van der Waals surface area contributed by atoms with Gasteiger partial charge in [0.05, 0.1) is 28.3 Å². The summed E-state index contributed by atoms with van der Waals surface area (Å²) < 4.78 is 5.84. The van der Waals surface area contributed by atoms with Crippen molar-refractivity contribution in [3.05, 3.63) is 38.9 Å². The monoisotopic (exact) mass is 344 g/mol. The van der Waals surface area contributed by atoms with E-state index in [1.54, 1.807) is 6.07 Å². The normalized spacial score (nSPS) is 23.9. The number of fused-ring (bicyclic) bond motifs is 1. The third kappa shape index (κ3) is 2.39. The lowest BCUT2D eigenvalue weighted by Crippen LogP contribution is -2.64. The number of hydrogen-bond acceptors (Lipinski definition) is 6. The second-order valence-corrected chi connectivity index (χ2v) is 6.84. The van der Waals surface area contributed by atoms with E-state index in [1.165, 1.54) is 18.8 Å². The molecule has 1 spiro atoms. The van der Waals surface area contributed by atoms with Crippen molar-refractivity contribution in [1.29, 1.82) is 0 Å². The number of nitrogens with zero attached hydrogens (tertiary/aromatic N) is 2. The summed E-state index contributed by atoms with van der Waals surface area (Å²) in [5, 5.41) is 15.1. The van der Waals surface area contributed by atoms with E-state index < -0.39 is 4.92 Å². The third-order valence-electron chi connectivity index (χ3n) is 5.72. The van der Waals surface area contributed by atoms with E-state index in [1.807, 2.05) is 6.92 Å². The number of anilines is 1. The molecular weight excluding hydrogens is 324 g/mol. The maximum absolute atomic E-state index is 11.9. The predicted octanol–water partition coefficient (Wildman–Crippen LogP) is 2.59. The number of aromatic nitrogens is 2. The molecule has 1 aromatic carbocycles. The molecule has 25 heavy (non-hydrogen) atoms. The largest absolute Gasteiger partial charge is 0.378 e. The van der Waals surface area contributed by atoms with Crippen LogP contribution in [0, 0.1) is 15.5 Å². The van der Waals surface area contributed by atoms with Gasteiger partial charge in [-0.25, -0.2) is 4.98 Å². The molecule has 2 N–H and O–H groups in total. The summed E-state index contributed by atoms with van der Waals surface area (Å²) in [6.07, 6.45) is 5.69. The van der Waals surface area contributed by atoms with Gasteiger partial charge >= 0.3 is 0 Å². The molecular formula is C17H20N4O4. The van der Waals surface area contributed by atoms with Gasteiger partial charge < -0.3 is 15.0 Å². The summed E-state index contributed by atoms with van der Waals surface area (Å²) in [6.45, 7) is 2.67. The summed E-state index contributed by atoms with van der Waals surface area (Å²) in [7, 11) is 0. The molecule has 8 heteroatoms. The summed E-state index contributed by atoms with van der Waals surface area (Å²) >= 11 is 0. The lowest BCUT2D eigenvalue weighted by atomic mass is 9.51. The molecule has 4 rings (SSSR count). The number of nitro groups is 1. The van der Waals surface area contributed by atoms with Gasteiger partial charge in [-0.15, -0.1) is 0 Å². The van der Waals surface area contributed by atoms with Crippen LogP contribution in [0.5, 0.6) is 0 Å². The Balaban J connectivity index is 1.68. The van der Waals surface area contributed by atoms with Crippen LogP contribution in [0.3, 0.4) is 0 Å². The molecule has 2 aliphatic carbocycles. The van der Waals surface area contributed by atoms with Crippen molar-refractivity contribution in [3.63, 3.8) is 0 Å². The molecule has 2 atom stereocenters. The zero-order valence-electron chi connectivity index (χ0n) is 13.9. The molecule has 0 aliphatic heterocycles. The molecule has 132 valence electrons. The fraction of sp³-hybridized carbons (Fsp3) is 0.529. The van der Waals surface area contributed by atoms with Gasteiger partial charge in [-0.1, -0.05) is 6.42 Å². The fourth-order valence-corrected chi connectivity index (χ4v) is 4.20. The highest BCUT2D eigenvalue weighted by Gasteiger charge is 2.59. The number of nitro benzene ring substituents is 1. The van der Waals surface area contributed by atoms with Crippen molar-refractivity contribution in [2.75, 3.05) is 11.9 Å². The average Bonchev–Trinajstić information content (AvgIpc) is 2.51. The van der Waals surface area contributed by atoms with Gasteiger partial charge in [0.1, 0.15) is 5.69 Å². The van der Waals surface area contributed by atoms with Crippen LogP contribution in [0.1, 0.15) is 32.6 Å². The number of rotatable bonds is 5. The molecule has 8 nitrogen and oxygen atoms in total. The van der Waals surface area contributed by atoms with Crippen molar-refractivity contribution in [1.82, 2.24) is 9.97 Å². The average molecular weight is 344 g/mol. The van der Waals surface area contributed by atoms with Crippen molar-refractivity contribution in [2.24, 2.45) is 5.41 Å². The summed E-state index contributed by atoms with van der Waals surface area (Å²) in [4.78, 5) is 29.5. The Morgan fingerprint density at radius 1 is 1.48 bits per heavy atom. The molecule has 0 saturated heterocycles. The highest BCUT2D eigenvalue weighted by Crippen LogP contribution is 2.58. The predicted molar refractivity (Wildman–Crippen MR) is 92.7 cm³/mol. The summed E-state index contributed by atoms with van der Waals surface area (Å²) in [5.74, 6) is 0. The molecule has 1 heterocycles. The van der Waals surface area contributed by atoms with E-state index in [2.05, 4.69) is 15.3 Å². The SMILES string of the molecule is CCO[C@H]1C[C@@H](Nc2cc3nc[nH]c(=O)c3cc2[N+](=O)[O-])C12CCC2. The Labute approximate surface area is 143 Å². The zero-order chi connectivity index (χ0) is 17.6. The minimum absolute atomic E-state index is 0.0838. The Morgan fingerprint density at radius 3 is 2.92 bits per heavy atom. The Kier molecular flexibility index (Phi) is 3.72. The molecule has 2 aliphatic rings. The molecule has 0 radical (unpaired) electrons. The highest BCUT2D eigenvalue weighted by molar-refractivity contribution is 5.86. The number of hydrogen-bond donors (Lipinski definition) is 2. The van der Waals surface area contributed by atoms with Crippen LogP contribution < -0.4 is 10.9 Å². The minimum atomic E-state index is -0.458. The van der Waals surface area contributed by atoms with Crippen molar-refractivity contribution >= 4 is 22.3 Å². The number of benzene rings is 1. The van der Waals surface area contributed by atoms with Crippen LogP contribution in [0.2, 0.25) is 0 Å². The van der Waals surface area contributed by atoms with Crippen LogP contribution in [0.4, 0.5) is 11.4 Å². The molecule has 0 unspecified atom stereocenters. The van der Waals surface area contributed by atoms with Gasteiger partial charge in [0.25, 0.3) is 11.2 Å². The van der Waals surface area contributed by atoms with Gasteiger partial charge in [0, 0.05) is 24.1 Å². The summed E-state index contributed by atoms with van der Waals surface area (Å²) in [5.41, 5.74) is 0.470. The van der Waals surface area contributed by atoms with Crippen LogP contribution in [0.25, 0.3) is 10.9 Å². The van der Waals surface area contributed by atoms with Crippen LogP contribution in [-0.4, -0.2) is 33.6 Å². The van der Waals surface area contributed by atoms with Gasteiger partial charge in [-0.2, -0.15) is 0 Å². The van der Waals surface area contributed by atoms with Crippen LogP contribution in [0.15, 0.2) is 23.3 Å². The van der Waals surface area contributed by atoms with Gasteiger partial charge in [0.2, 0.25) is 0 Å². The Morgan fingerprint density at radius 2 is 2.28 bits per heavy atom. The summed E-state index contributed by atoms with van der Waals surface area (Å²) in [6, 6.07) is 3.05. The molecule has 0 amide bonds. The van der Waals surface area contributed by atoms with Crippen molar-refractivity contribution < 1.29 is 9.66 Å². The second kappa shape index (κ2) is 5.80. The number of ether oxygens (including phenoxy) is 1. The third-order valence-corrected chi connectivity index (χ3v) is 5.72. The maximum atomic E-state index is 11.9. The number of aromatic amines is 1.